The number of fused-ring (bicyclic) bond motifs is 8. The highest BCUT2D eigenvalue weighted by Gasteiger charge is 2.31. The van der Waals surface area contributed by atoms with Gasteiger partial charge in [-0.25, -0.2) is 0 Å². The van der Waals surface area contributed by atoms with Crippen molar-refractivity contribution in [2.45, 2.75) is 276 Å². The molecule has 0 atom stereocenters. The molecule has 0 fully saturated rings. The molecule has 9 rings (SSSR count). The summed E-state index contributed by atoms with van der Waals surface area (Å²) >= 11 is 6.65. The normalized spacial score (nSPS) is 13.1. The van der Waals surface area contributed by atoms with Crippen LogP contribution in [0.3, 0.4) is 0 Å². The largest absolute Gasteiger partial charge is 0.485 e. The Labute approximate surface area is 539 Å². The Bertz CT molecular complexity index is 3070. The van der Waals surface area contributed by atoms with E-state index in [1.54, 1.807) is 47.0 Å². The summed E-state index contributed by atoms with van der Waals surface area (Å²) in [6.07, 6.45) is 16.3. The second-order valence-corrected chi connectivity index (χ2v) is 31.4. The highest BCUT2D eigenvalue weighted by atomic mass is 32.2. The molecule has 4 aromatic heterocycles. The van der Waals surface area contributed by atoms with Gasteiger partial charge in [0.2, 0.25) is 0 Å². The van der Waals surface area contributed by atoms with Crippen molar-refractivity contribution in [3.05, 3.63) is 118 Å². The molecule has 4 aromatic carbocycles. The molecule has 8 aromatic rings. The van der Waals surface area contributed by atoms with Crippen LogP contribution in [0.2, 0.25) is 0 Å². The lowest BCUT2D eigenvalue weighted by atomic mass is 9.87. The van der Waals surface area contributed by atoms with Gasteiger partial charge in [-0.05, 0) is 118 Å². The molecule has 1 aliphatic rings. The van der Waals surface area contributed by atoms with E-state index in [2.05, 4.69) is 201 Å². The first-order valence-corrected chi connectivity index (χ1v) is 34.7. The van der Waals surface area contributed by atoms with E-state index in [0.29, 0.717) is 0 Å². The van der Waals surface area contributed by atoms with Crippen molar-refractivity contribution in [1.29, 1.82) is 0 Å². The van der Waals surface area contributed by atoms with Crippen LogP contribution >= 0.6 is 47.0 Å². The van der Waals surface area contributed by atoms with Crippen LogP contribution in [-0.4, -0.2) is 60.0 Å². The molecular formula is C68H92N12O4S4. The second-order valence-electron chi connectivity index (χ2n) is 27.1. The Morgan fingerprint density at radius 2 is 0.489 bits per heavy atom. The summed E-state index contributed by atoms with van der Waals surface area (Å²) in [5.74, 6) is 2.89. The molecule has 0 radical (unpaired) electrons. The Hall–Kier alpha value is -5.96. The van der Waals surface area contributed by atoms with Gasteiger partial charge in [-0.1, -0.05) is 204 Å². The smallest absolute Gasteiger partial charge is 0.147 e. The van der Waals surface area contributed by atoms with Crippen LogP contribution in [0.1, 0.15) is 207 Å². The molecule has 472 valence electrons. The second kappa shape index (κ2) is 28.9. The highest BCUT2D eigenvalue weighted by Crippen LogP contribution is 2.57. The van der Waals surface area contributed by atoms with Gasteiger partial charge >= 0.3 is 0 Å². The summed E-state index contributed by atoms with van der Waals surface area (Å²) in [6, 6.07) is 18.4. The van der Waals surface area contributed by atoms with Gasteiger partial charge in [-0.3, -0.25) is 18.7 Å². The van der Waals surface area contributed by atoms with Crippen LogP contribution in [0, 0.1) is 0 Å². The van der Waals surface area contributed by atoms with Crippen molar-refractivity contribution in [2.24, 2.45) is 0 Å². The molecule has 20 heteroatoms. The van der Waals surface area contributed by atoms with Gasteiger partial charge in [0.15, 0.2) is 0 Å². The van der Waals surface area contributed by atoms with Crippen molar-refractivity contribution in [1.82, 2.24) is 60.0 Å². The minimum Gasteiger partial charge on any atom is -0.485 e. The van der Waals surface area contributed by atoms with Crippen LogP contribution in [0.25, 0.3) is 0 Å². The molecule has 0 saturated carbocycles. The van der Waals surface area contributed by atoms with Gasteiger partial charge in [-0.2, -0.15) is 0 Å². The molecule has 0 amide bonds. The number of hydrogen-bond donors (Lipinski definition) is 0. The molecule has 1 aliphatic heterocycles. The van der Waals surface area contributed by atoms with Gasteiger partial charge in [0, 0.05) is 26.2 Å². The highest BCUT2D eigenvalue weighted by molar-refractivity contribution is 8.01. The number of ether oxygens (including phenoxy) is 4. The molecule has 0 spiro atoms. The molecule has 5 heterocycles. The van der Waals surface area contributed by atoms with E-state index in [-0.39, 0.29) is 48.1 Å². The first-order valence-electron chi connectivity index (χ1n) is 31.4. The minimum atomic E-state index is -0.270. The zero-order valence-electron chi connectivity index (χ0n) is 54.9. The van der Waals surface area contributed by atoms with Crippen molar-refractivity contribution in [3.63, 3.8) is 0 Å². The minimum absolute atomic E-state index is 0.199. The molecule has 16 nitrogen and oxygen atoms in total. The Morgan fingerprint density at radius 3 is 0.648 bits per heavy atom. The lowest BCUT2D eigenvalue weighted by Crippen LogP contribution is -2.14. The SMILES string of the molecule is CCCCn1cc(COc2c3cc(C(C)(C)C)cc2Sc2cc(C(C)(C)C)cc(c2OCc2cn(CCCC)nn2)Sc2cc(C(C)(C)C)cc(c2OCc2cn(CCCC)nn2)Sc2cc(C(C)(C)C)cc(c2OCc2cn(CCCC)nn2)S3)nn1. The van der Waals surface area contributed by atoms with E-state index in [1.165, 1.54) is 0 Å². The van der Waals surface area contributed by atoms with Crippen LogP contribution in [-0.2, 0) is 74.3 Å². The van der Waals surface area contributed by atoms with Gasteiger partial charge in [0.25, 0.3) is 0 Å². The van der Waals surface area contributed by atoms with E-state index in [4.69, 9.17) is 18.9 Å². The zero-order valence-corrected chi connectivity index (χ0v) is 58.1. The number of benzene rings is 4. The average Bonchev–Trinajstić information content (AvgIpc) is 1.20. The predicted octanol–water partition coefficient (Wildman–Crippen LogP) is 17.7. The maximum atomic E-state index is 7.29. The van der Waals surface area contributed by atoms with Crippen LogP contribution < -0.4 is 18.9 Å². The number of unbranched alkanes of at least 4 members (excludes halogenated alkanes) is 4. The average molecular weight is 1270 g/mol. The Kier molecular flexibility index (Phi) is 21.8. The first-order chi connectivity index (χ1) is 41.9. The monoisotopic (exact) mass is 1270 g/mol. The molecule has 0 saturated heterocycles. The standard InChI is InChI=1S/C68H92N12O4S4/c1-17-21-25-77-37-49(69-73-77)41-81-61-53-29-45(65(5,6)7)30-54(61)86-56-32-47(67(11,12)13)34-58(63(56)83-43-51-39-79(75-71-51)27-23-19-3)88-60-36-48(68(14,15)16)35-59(64(60)84-44-52-40-80(76-72-52)28-24-20-4)87-57-33-46(66(8,9)10)31-55(85-53)62(57)82-42-50-38-78(74-70-50)26-22-18-2/h29-40H,17-28,41-44H2,1-16H3. The maximum absolute atomic E-state index is 7.29. The number of nitrogens with zero attached hydrogens (tertiary/aromatic N) is 12. The summed E-state index contributed by atoms with van der Waals surface area (Å²) in [7, 11) is 0. The van der Waals surface area contributed by atoms with Gasteiger partial charge in [-0.15, -0.1) is 20.4 Å². The molecular weight excluding hydrogens is 1180 g/mol. The summed E-state index contributed by atoms with van der Waals surface area (Å²) in [5, 5.41) is 36.7. The number of aromatic nitrogens is 12. The fourth-order valence-electron chi connectivity index (χ4n) is 9.61. The molecule has 0 aliphatic carbocycles. The summed E-state index contributed by atoms with van der Waals surface area (Å²) in [4.78, 5) is 7.43. The number of rotatable bonds is 24. The summed E-state index contributed by atoms with van der Waals surface area (Å²) in [5.41, 5.74) is 6.49. The van der Waals surface area contributed by atoms with Crippen LogP contribution in [0.4, 0.5) is 0 Å². The van der Waals surface area contributed by atoms with Gasteiger partial charge < -0.3 is 18.9 Å². The van der Waals surface area contributed by atoms with E-state index in [0.717, 1.165) is 185 Å². The van der Waals surface area contributed by atoms with Crippen LogP contribution in [0.5, 0.6) is 23.0 Å². The fourth-order valence-corrected chi connectivity index (χ4v) is 14.4. The van der Waals surface area contributed by atoms with E-state index in [9.17, 15) is 0 Å². The number of hydrogen-bond acceptors (Lipinski definition) is 16. The van der Waals surface area contributed by atoms with E-state index in [1.807, 2.05) is 43.5 Å². The molecule has 88 heavy (non-hydrogen) atoms. The third kappa shape index (κ3) is 17.3. The Morgan fingerprint density at radius 1 is 0.307 bits per heavy atom. The third-order valence-electron chi connectivity index (χ3n) is 15.2. The van der Waals surface area contributed by atoms with Crippen molar-refractivity contribution in [2.75, 3.05) is 0 Å². The van der Waals surface area contributed by atoms with Gasteiger partial charge in [0.05, 0.1) is 64.0 Å². The maximum Gasteiger partial charge on any atom is 0.147 e. The van der Waals surface area contributed by atoms with Crippen molar-refractivity contribution in [3.8, 4) is 23.0 Å². The topological polar surface area (TPSA) is 160 Å². The van der Waals surface area contributed by atoms with E-state index >= 15 is 0 Å². The lowest BCUT2D eigenvalue weighted by Gasteiger charge is -2.28. The predicted molar refractivity (Wildman–Crippen MR) is 354 cm³/mol. The first kappa shape index (κ1) is 66.5. The van der Waals surface area contributed by atoms with Crippen molar-refractivity contribution >= 4 is 47.0 Å². The van der Waals surface area contributed by atoms with Crippen molar-refractivity contribution < 1.29 is 18.9 Å². The fraction of sp³-hybridized carbons (Fsp3) is 0.529. The Balaban J connectivity index is 1.34. The lowest BCUT2D eigenvalue weighted by molar-refractivity contribution is 0.282. The summed E-state index contributed by atoms with van der Waals surface area (Å²) < 4.78 is 36.8. The molecule has 8 bridgehead atoms. The van der Waals surface area contributed by atoms with E-state index < -0.39 is 0 Å². The van der Waals surface area contributed by atoms with Crippen LogP contribution in [0.15, 0.2) is 112 Å². The quantitative estimate of drug-likeness (QED) is 0.0562. The van der Waals surface area contributed by atoms with Gasteiger partial charge in [0.1, 0.15) is 72.2 Å². The summed E-state index contributed by atoms with van der Waals surface area (Å²) in [6.45, 7) is 40.0. The third-order valence-corrected chi connectivity index (χ3v) is 19.4. The number of aryl methyl sites for hydroxylation is 4. The molecule has 0 N–H and O–H groups in total. The zero-order chi connectivity index (χ0) is 63.0. The molecule has 0 unspecified atom stereocenters.